The van der Waals surface area contributed by atoms with E-state index in [-0.39, 0.29) is 0 Å². The topological polar surface area (TPSA) is 35.8 Å². The van der Waals surface area contributed by atoms with Crippen molar-refractivity contribution in [2.24, 2.45) is 0 Å². The Hall–Kier alpha value is -1.49. The van der Waals surface area contributed by atoms with Gasteiger partial charge in [-0.2, -0.15) is 5.26 Å². The Labute approximate surface area is 85.6 Å². The molecule has 0 amide bonds. The van der Waals surface area contributed by atoms with Crippen molar-refractivity contribution in [1.29, 1.82) is 5.26 Å². The molecule has 1 rings (SSSR count). The summed E-state index contributed by atoms with van der Waals surface area (Å²) in [5.74, 6) is 0. The molecule has 0 aromatic heterocycles. The van der Waals surface area contributed by atoms with Crippen LogP contribution in [0.1, 0.15) is 25.3 Å². The van der Waals surface area contributed by atoms with Crippen molar-refractivity contribution in [2.45, 2.75) is 32.7 Å². The van der Waals surface area contributed by atoms with Gasteiger partial charge < -0.3 is 5.32 Å². The fourth-order valence-electron chi connectivity index (χ4n) is 1.37. The molecule has 1 aromatic carbocycles. The SMILES string of the molecule is Cc1cccc(NC(C)CCC#N)c1. The predicted molar refractivity (Wildman–Crippen MR) is 59.1 cm³/mol. The van der Waals surface area contributed by atoms with Gasteiger partial charge in [-0.05, 0) is 38.0 Å². The van der Waals surface area contributed by atoms with Crippen LogP contribution < -0.4 is 5.32 Å². The summed E-state index contributed by atoms with van der Waals surface area (Å²) in [5.41, 5.74) is 2.39. The van der Waals surface area contributed by atoms with E-state index in [0.717, 1.165) is 12.1 Å². The van der Waals surface area contributed by atoms with Gasteiger partial charge in [0, 0.05) is 18.2 Å². The summed E-state index contributed by atoms with van der Waals surface area (Å²) in [7, 11) is 0. The first-order chi connectivity index (χ1) is 6.72. The first-order valence-corrected chi connectivity index (χ1v) is 4.92. The van der Waals surface area contributed by atoms with Crippen LogP contribution in [-0.2, 0) is 0 Å². The first-order valence-electron chi connectivity index (χ1n) is 4.92. The third-order valence-corrected chi connectivity index (χ3v) is 2.12. The Morgan fingerprint density at radius 2 is 2.29 bits per heavy atom. The third-order valence-electron chi connectivity index (χ3n) is 2.12. The van der Waals surface area contributed by atoms with Crippen molar-refractivity contribution in [3.8, 4) is 6.07 Å². The van der Waals surface area contributed by atoms with Gasteiger partial charge >= 0.3 is 0 Å². The number of benzene rings is 1. The average molecular weight is 188 g/mol. The van der Waals surface area contributed by atoms with Crippen molar-refractivity contribution in [1.82, 2.24) is 0 Å². The Kier molecular flexibility index (Phi) is 4.00. The molecule has 0 aliphatic rings. The second-order valence-corrected chi connectivity index (χ2v) is 3.61. The monoisotopic (exact) mass is 188 g/mol. The maximum atomic E-state index is 8.45. The second kappa shape index (κ2) is 5.29. The molecule has 0 radical (unpaired) electrons. The molecule has 2 nitrogen and oxygen atoms in total. The van der Waals surface area contributed by atoms with E-state index >= 15 is 0 Å². The number of rotatable bonds is 4. The van der Waals surface area contributed by atoms with Crippen LogP contribution in [-0.4, -0.2) is 6.04 Å². The molecule has 0 aliphatic heterocycles. The van der Waals surface area contributed by atoms with Crippen LogP contribution in [0.5, 0.6) is 0 Å². The fourth-order valence-corrected chi connectivity index (χ4v) is 1.37. The molecule has 1 unspecified atom stereocenters. The highest BCUT2D eigenvalue weighted by Crippen LogP contribution is 2.12. The number of hydrogen-bond acceptors (Lipinski definition) is 2. The van der Waals surface area contributed by atoms with Crippen molar-refractivity contribution >= 4 is 5.69 Å². The molecule has 0 saturated carbocycles. The van der Waals surface area contributed by atoms with Crippen LogP contribution in [0, 0.1) is 18.3 Å². The minimum Gasteiger partial charge on any atom is -0.383 e. The minimum absolute atomic E-state index is 0.358. The highest BCUT2D eigenvalue weighted by Gasteiger charge is 2.00. The van der Waals surface area contributed by atoms with Gasteiger partial charge in [-0.1, -0.05) is 12.1 Å². The molecule has 0 fully saturated rings. The summed E-state index contributed by atoms with van der Waals surface area (Å²) in [6, 6.07) is 10.8. The molecule has 0 spiro atoms. The number of anilines is 1. The maximum absolute atomic E-state index is 8.45. The lowest BCUT2D eigenvalue weighted by Gasteiger charge is -2.13. The Balaban J connectivity index is 2.48. The van der Waals surface area contributed by atoms with Crippen molar-refractivity contribution in [2.75, 3.05) is 5.32 Å². The van der Waals surface area contributed by atoms with Gasteiger partial charge in [-0.25, -0.2) is 0 Å². The van der Waals surface area contributed by atoms with E-state index in [1.807, 2.05) is 6.07 Å². The van der Waals surface area contributed by atoms with Gasteiger partial charge in [0.15, 0.2) is 0 Å². The molecule has 2 heteroatoms. The van der Waals surface area contributed by atoms with Crippen LogP contribution in [0.2, 0.25) is 0 Å². The Morgan fingerprint density at radius 1 is 1.50 bits per heavy atom. The number of nitrogens with zero attached hydrogens (tertiary/aromatic N) is 1. The molecule has 0 heterocycles. The lowest BCUT2D eigenvalue weighted by Crippen LogP contribution is -2.14. The normalized spacial score (nSPS) is 11.8. The van der Waals surface area contributed by atoms with Crippen molar-refractivity contribution in [3.05, 3.63) is 29.8 Å². The summed E-state index contributed by atoms with van der Waals surface area (Å²) < 4.78 is 0. The zero-order chi connectivity index (χ0) is 10.4. The predicted octanol–water partition coefficient (Wildman–Crippen LogP) is 3.10. The van der Waals surface area contributed by atoms with Crippen LogP contribution >= 0.6 is 0 Å². The van der Waals surface area contributed by atoms with E-state index in [1.165, 1.54) is 5.56 Å². The fraction of sp³-hybridized carbons (Fsp3) is 0.417. The van der Waals surface area contributed by atoms with Gasteiger partial charge in [-0.3, -0.25) is 0 Å². The average Bonchev–Trinajstić information content (AvgIpc) is 2.15. The molecule has 1 aromatic rings. The summed E-state index contributed by atoms with van der Waals surface area (Å²) in [6.07, 6.45) is 1.50. The number of aryl methyl sites for hydroxylation is 1. The molecule has 14 heavy (non-hydrogen) atoms. The van der Waals surface area contributed by atoms with E-state index in [0.29, 0.717) is 12.5 Å². The van der Waals surface area contributed by atoms with Gasteiger partial charge in [0.05, 0.1) is 6.07 Å². The standard InChI is InChI=1S/C12H16N2/c1-10-5-3-7-12(9-10)14-11(2)6-4-8-13/h3,5,7,9,11,14H,4,6H2,1-2H3. The molecule has 1 atom stereocenters. The molecule has 74 valence electrons. The van der Waals surface area contributed by atoms with Gasteiger partial charge in [0.1, 0.15) is 0 Å². The van der Waals surface area contributed by atoms with Crippen molar-refractivity contribution < 1.29 is 0 Å². The van der Waals surface area contributed by atoms with E-state index in [4.69, 9.17) is 5.26 Å². The van der Waals surface area contributed by atoms with Crippen LogP contribution in [0.25, 0.3) is 0 Å². The van der Waals surface area contributed by atoms with Gasteiger partial charge in [-0.15, -0.1) is 0 Å². The molecule has 1 N–H and O–H groups in total. The number of hydrogen-bond donors (Lipinski definition) is 1. The smallest absolute Gasteiger partial charge is 0.0622 e. The lowest BCUT2D eigenvalue weighted by molar-refractivity contribution is 0.723. The summed E-state index contributed by atoms with van der Waals surface area (Å²) in [4.78, 5) is 0. The van der Waals surface area contributed by atoms with Crippen LogP contribution in [0.4, 0.5) is 5.69 Å². The Morgan fingerprint density at radius 3 is 2.93 bits per heavy atom. The minimum atomic E-state index is 0.358. The summed E-state index contributed by atoms with van der Waals surface area (Å²) >= 11 is 0. The van der Waals surface area contributed by atoms with Crippen molar-refractivity contribution in [3.63, 3.8) is 0 Å². The number of nitrogens with one attached hydrogen (secondary N) is 1. The largest absolute Gasteiger partial charge is 0.383 e. The molecular formula is C12H16N2. The van der Waals surface area contributed by atoms with Crippen LogP contribution in [0.15, 0.2) is 24.3 Å². The third kappa shape index (κ3) is 3.49. The van der Waals surface area contributed by atoms with E-state index in [1.54, 1.807) is 0 Å². The van der Waals surface area contributed by atoms with E-state index < -0.39 is 0 Å². The zero-order valence-corrected chi connectivity index (χ0v) is 8.75. The highest BCUT2D eigenvalue weighted by atomic mass is 14.9. The van der Waals surface area contributed by atoms with Crippen LogP contribution in [0.3, 0.4) is 0 Å². The lowest BCUT2D eigenvalue weighted by atomic mass is 10.1. The van der Waals surface area contributed by atoms with E-state index in [9.17, 15) is 0 Å². The summed E-state index contributed by atoms with van der Waals surface area (Å²) in [5, 5.41) is 11.8. The molecular weight excluding hydrogens is 172 g/mol. The molecule has 0 bridgehead atoms. The zero-order valence-electron chi connectivity index (χ0n) is 8.75. The van der Waals surface area contributed by atoms with Gasteiger partial charge in [0.25, 0.3) is 0 Å². The highest BCUT2D eigenvalue weighted by molar-refractivity contribution is 5.45. The second-order valence-electron chi connectivity index (χ2n) is 3.61. The number of nitriles is 1. The quantitative estimate of drug-likeness (QED) is 0.788. The summed E-state index contributed by atoms with van der Waals surface area (Å²) in [6.45, 7) is 4.17. The van der Waals surface area contributed by atoms with Gasteiger partial charge in [0.2, 0.25) is 0 Å². The maximum Gasteiger partial charge on any atom is 0.0622 e. The molecule has 0 saturated heterocycles. The molecule has 0 aliphatic carbocycles. The Bertz CT molecular complexity index is 325. The van der Waals surface area contributed by atoms with E-state index in [2.05, 4.69) is 43.4 Å². The first kappa shape index (κ1) is 10.6.